The molecule has 0 saturated heterocycles. The van der Waals surface area contributed by atoms with Crippen LogP contribution in [0.15, 0.2) is 6.07 Å². The van der Waals surface area contributed by atoms with E-state index in [9.17, 15) is 18.0 Å². The van der Waals surface area contributed by atoms with E-state index in [1.54, 1.807) is 11.4 Å². The summed E-state index contributed by atoms with van der Waals surface area (Å²) in [6.07, 6.45) is -4.43. The normalized spacial score (nSPS) is 12.3. The highest BCUT2D eigenvalue weighted by Crippen LogP contribution is 2.21. The molecule has 18 heavy (non-hydrogen) atoms. The summed E-state index contributed by atoms with van der Waals surface area (Å²) in [5, 5.41) is 10.4. The van der Waals surface area contributed by atoms with Crippen molar-refractivity contribution in [2.75, 3.05) is 11.9 Å². The van der Waals surface area contributed by atoms with E-state index < -0.39 is 18.8 Å². The van der Waals surface area contributed by atoms with Crippen molar-refractivity contribution in [2.45, 2.75) is 32.4 Å². The predicted octanol–water partition coefficient (Wildman–Crippen LogP) is 2.39. The molecule has 2 amide bonds. The molecule has 102 valence electrons. The third kappa shape index (κ3) is 4.64. The average Bonchev–Trinajstić information content (AvgIpc) is 2.61. The number of aromatic nitrogens is 2. The molecule has 8 heteroatoms. The van der Waals surface area contributed by atoms with Gasteiger partial charge in [0.25, 0.3) is 0 Å². The van der Waals surface area contributed by atoms with E-state index in [4.69, 9.17) is 0 Å². The van der Waals surface area contributed by atoms with Gasteiger partial charge in [-0.15, -0.1) is 0 Å². The van der Waals surface area contributed by atoms with Gasteiger partial charge in [0.2, 0.25) is 0 Å². The monoisotopic (exact) mass is 264 g/mol. The first-order valence-electron chi connectivity index (χ1n) is 5.25. The van der Waals surface area contributed by atoms with Crippen LogP contribution in [0.4, 0.5) is 23.8 Å². The molecule has 0 fully saturated rings. The Labute approximate surface area is 102 Å². The van der Waals surface area contributed by atoms with E-state index >= 15 is 0 Å². The standard InChI is InChI=1S/C10H15F3N4O/c1-9(2,3)6-4-7(17-16-6)15-8(18)14-5-10(11,12)13/h4H,5H2,1-3H3,(H3,14,15,16,17,18). The Morgan fingerprint density at radius 3 is 2.44 bits per heavy atom. The van der Waals surface area contributed by atoms with Gasteiger partial charge in [0, 0.05) is 17.2 Å². The van der Waals surface area contributed by atoms with Gasteiger partial charge in [0.05, 0.1) is 0 Å². The van der Waals surface area contributed by atoms with Crippen LogP contribution in [0, 0.1) is 0 Å². The maximum Gasteiger partial charge on any atom is 0.405 e. The van der Waals surface area contributed by atoms with E-state index in [1.807, 2.05) is 20.8 Å². The third-order valence-electron chi connectivity index (χ3n) is 2.08. The number of alkyl halides is 3. The van der Waals surface area contributed by atoms with Crippen molar-refractivity contribution in [3.05, 3.63) is 11.8 Å². The predicted molar refractivity (Wildman–Crippen MR) is 60.4 cm³/mol. The SMILES string of the molecule is CC(C)(C)c1cc(NC(=O)NCC(F)(F)F)n[nH]1. The second-order valence-electron chi connectivity index (χ2n) is 4.84. The van der Waals surface area contributed by atoms with Crippen molar-refractivity contribution >= 4 is 11.8 Å². The number of hydrogen-bond acceptors (Lipinski definition) is 2. The number of carbonyl (C=O) groups excluding carboxylic acids is 1. The summed E-state index contributed by atoms with van der Waals surface area (Å²) in [5.41, 5.74) is 0.587. The molecule has 0 radical (unpaired) electrons. The van der Waals surface area contributed by atoms with Crippen molar-refractivity contribution < 1.29 is 18.0 Å². The number of amides is 2. The van der Waals surface area contributed by atoms with Crippen molar-refractivity contribution in [3.8, 4) is 0 Å². The number of urea groups is 1. The molecule has 1 aromatic heterocycles. The minimum absolute atomic E-state index is 0.180. The number of carbonyl (C=O) groups is 1. The van der Waals surface area contributed by atoms with Crippen molar-refractivity contribution in [2.24, 2.45) is 0 Å². The summed E-state index contributed by atoms with van der Waals surface area (Å²) in [7, 11) is 0. The van der Waals surface area contributed by atoms with Crippen LogP contribution in [0.1, 0.15) is 26.5 Å². The summed E-state index contributed by atoms with van der Waals surface area (Å²) in [6.45, 7) is 4.44. The molecule has 0 spiro atoms. The first-order chi connectivity index (χ1) is 8.08. The fourth-order valence-electron chi connectivity index (χ4n) is 1.11. The molecule has 1 rings (SSSR count). The molecule has 0 unspecified atom stereocenters. The van der Waals surface area contributed by atoms with Gasteiger partial charge >= 0.3 is 12.2 Å². The van der Waals surface area contributed by atoms with Crippen LogP contribution < -0.4 is 10.6 Å². The second-order valence-corrected chi connectivity index (χ2v) is 4.84. The Bertz CT molecular complexity index is 419. The van der Waals surface area contributed by atoms with Gasteiger partial charge in [-0.1, -0.05) is 20.8 Å². The lowest BCUT2D eigenvalue weighted by molar-refractivity contribution is -0.122. The van der Waals surface area contributed by atoms with Gasteiger partial charge in [-0.2, -0.15) is 18.3 Å². The molecule has 5 nitrogen and oxygen atoms in total. The number of H-pyrrole nitrogens is 1. The molecule has 0 aliphatic rings. The van der Waals surface area contributed by atoms with E-state index in [0.29, 0.717) is 0 Å². The number of hydrogen-bond donors (Lipinski definition) is 3. The summed E-state index contributed by atoms with van der Waals surface area (Å²) in [4.78, 5) is 11.1. The highest BCUT2D eigenvalue weighted by Gasteiger charge is 2.27. The zero-order valence-electron chi connectivity index (χ0n) is 10.3. The van der Waals surface area contributed by atoms with Gasteiger partial charge < -0.3 is 5.32 Å². The summed E-state index contributed by atoms with van der Waals surface area (Å²) < 4.78 is 35.6. The van der Waals surface area contributed by atoms with Gasteiger partial charge in [0.15, 0.2) is 5.82 Å². The lowest BCUT2D eigenvalue weighted by Crippen LogP contribution is -2.36. The minimum Gasteiger partial charge on any atom is -0.329 e. The number of nitrogens with one attached hydrogen (secondary N) is 3. The van der Waals surface area contributed by atoms with Crippen LogP contribution in [0.5, 0.6) is 0 Å². The quantitative estimate of drug-likeness (QED) is 0.767. The number of rotatable bonds is 2. The van der Waals surface area contributed by atoms with Gasteiger partial charge in [-0.3, -0.25) is 10.4 Å². The largest absolute Gasteiger partial charge is 0.405 e. The number of nitrogens with zero attached hydrogens (tertiary/aromatic N) is 1. The summed E-state index contributed by atoms with van der Waals surface area (Å²) >= 11 is 0. The van der Waals surface area contributed by atoms with E-state index in [1.165, 1.54) is 0 Å². The average molecular weight is 264 g/mol. The maximum absolute atomic E-state index is 11.9. The number of aromatic amines is 1. The molecule has 0 aromatic carbocycles. The van der Waals surface area contributed by atoms with Crippen LogP contribution in [-0.2, 0) is 5.41 Å². The minimum atomic E-state index is -4.43. The molecule has 1 heterocycles. The van der Waals surface area contributed by atoms with Gasteiger partial charge in [0.1, 0.15) is 6.54 Å². The van der Waals surface area contributed by atoms with E-state index in [-0.39, 0.29) is 11.2 Å². The lowest BCUT2D eigenvalue weighted by Gasteiger charge is -2.14. The number of anilines is 1. The fourth-order valence-corrected chi connectivity index (χ4v) is 1.11. The third-order valence-corrected chi connectivity index (χ3v) is 2.08. The molecule has 0 saturated carbocycles. The Kier molecular flexibility index (Phi) is 3.88. The van der Waals surface area contributed by atoms with Crippen LogP contribution >= 0.6 is 0 Å². The van der Waals surface area contributed by atoms with Crippen LogP contribution in [0.2, 0.25) is 0 Å². The molecule has 0 bridgehead atoms. The number of halogens is 3. The molecular weight excluding hydrogens is 249 g/mol. The zero-order valence-corrected chi connectivity index (χ0v) is 10.3. The lowest BCUT2D eigenvalue weighted by atomic mass is 9.92. The topological polar surface area (TPSA) is 69.8 Å². The molecule has 3 N–H and O–H groups in total. The van der Waals surface area contributed by atoms with Crippen LogP contribution in [-0.4, -0.2) is 28.9 Å². The fraction of sp³-hybridized carbons (Fsp3) is 0.600. The van der Waals surface area contributed by atoms with Crippen LogP contribution in [0.3, 0.4) is 0 Å². The molecular formula is C10H15F3N4O. The first kappa shape index (κ1) is 14.3. The summed E-state index contributed by atoms with van der Waals surface area (Å²) in [6, 6.07) is 0.631. The molecule has 0 aliphatic heterocycles. The maximum atomic E-state index is 11.9. The zero-order chi connectivity index (χ0) is 14.0. The van der Waals surface area contributed by atoms with Gasteiger partial charge in [-0.25, -0.2) is 4.79 Å². The Hall–Kier alpha value is -1.73. The Morgan fingerprint density at radius 2 is 2.00 bits per heavy atom. The van der Waals surface area contributed by atoms with Crippen molar-refractivity contribution in [1.82, 2.24) is 15.5 Å². The van der Waals surface area contributed by atoms with E-state index in [2.05, 4.69) is 15.5 Å². The molecule has 0 aliphatic carbocycles. The van der Waals surface area contributed by atoms with Gasteiger partial charge in [-0.05, 0) is 0 Å². The highest BCUT2D eigenvalue weighted by molar-refractivity contribution is 5.88. The van der Waals surface area contributed by atoms with E-state index in [0.717, 1.165) is 5.69 Å². The first-order valence-corrected chi connectivity index (χ1v) is 5.25. The summed E-state index contributed by atoms with van der Waals surface area (Å²) in [5.74, 6) is 0.180. The molecule has 0 atom stereocenters. The smallest absolute Gasteiger partial charge is 0.329 e. The Morgan fingerprint density at radius 1 is 1.39 bits per heavy atom. The van der Waals surface area contributed by atoms with Crippen LogP contribution in [0.25, 0.3) is 0 Å². The highest BCUT2D eigenvalue weighted by atomic mass is 19.4. The Balaban J connectivity index is 2.53. The van der Waals surface area contributed by atoms with Crippen molar-refractivity contribution in [3.63, 3.8) is 0 Å². The molecule has 1 aromatic rings. The second kappa shape index (κ2) is 4.87. The van der Waals surface area contributed by atoms with Crippen molar-refractivity contribution in [1.29, 1.82) is 0 Å².